The molecular formula is C12H17ClFN3O2. The lowest BCUT2D eigenvalue weighted by molar-refractivity contribution is -0.141. The predicted molar refractivity (Wildman–Crippen MR) is 70.5 cm³/mol. The smallest absolute Gasteiger partial charge is 0.307 e. The molecule has 0 unspecified atom stereocenters. The molecule has 0 fully saturated rings. The number of nitrogens with zero attached hydrogens (tertiary/aromatic N) is 2. The molecule has 1 aromatic heterocycles. The van der Waals surface area contributed by atoms with Crippen LogP contribution in [-0.4, -0.2) is 29.1 Å². The van der Waals surface area contributed by atoms with E-state index in [1.165, 1.54) is 7.11 Å². The average Bonchev–Trinajstić information content (AvgIpc) is 2.31. The number of methoxy groups -OCH3 is 1. The third-order valence-corrected chi connectivity index (χ3v) is 2.85. The van der Waals surface area contributed by atoms with Crippen LogP contribution in [0.2, 0.25) is 5.28 Å². The minimum atomic E-state index is -0.622. The molecule has 1 aromatic rings. The van der Waals surface area contributed by atoms with Gasteiger partial charge in [-0.1, -0.05) is 20.8 Å². The Kier molecular flexibility index (Phi) is 5.05. The molecule has 0 bridgehead atoms. The van der Waals surface area contributed by atoms with Gasteiger partial charge in [0.25, 0.3) is 0 Å². The molecule has 0 aliphatic carbocycles. The highest BCUT2D eigenvalue weighted by molar-refractivity contribution is 6.28. The largest absolute Gasteiger partial charge is 0.469 e. The summed E-state index contributed by atoms with van der Waals surface area (Å²) in [7, 11) is 1.31. The Morgan fingerprint density at radius 1 is 1.58 bits per heavy atom. The van der Waals surface area contributed by atoms with E-state index in [0.717, 1.165) is 6.20 Å². The number of anilines is 1. The number of rotatable bonds is 4. The van der Waals surface area contributed by atoms with Crippen molar-refractivity contribution in [3.8, 4) is 0 Å². The van der Waals surface area contributed by atoms with E-state index < -0.39 is 5.82 Å². The number of hydrogen-bond donors (Lipinski definition) is 1. The van der Waals surface area contributed by atoms with Gasteiger partial charge < -0.3 is 10.1 Å². The normalized spacial score (nSPS) is 12.9. The summed E-state index contributed by atoms with van der Waals surface area (Å²) in [6.45, 7) is 5.77. The highest BCUT2D eigenvalue weighted by Crippen LogP contribution is 2.26. The molecule has 0 spiro atoms. The molecule has 19 heavy (non-hydrogen) atoms. The topological polar surface area (TPSA) is 64.1 Å². The molecule has 1 rings (SSSR count). The van der Waals surface area contributed by atoms with Crippen molar-refractivity contribution in [2.45, 2.75) is 33.2 Å². The summed E-state index contributed by atoms with van der Waals surface area (Å²) < 4.78 is 18.2. The molecule has 0 saturated heterocycles. The van der Waals surface area contributed by atoms with Crippen LogP contribution in [0.1, 0.15) is 27.2 Å². The zero-order chi connectivity index (χ0) is 14.6. The summed E-state index contributed by atoms with van der Waals surface area (Å²) >= 11 is 5.63. The minimum Gasteiger partial charge on any atom is -0.469 e. The van der Waals surface area contributed by atoms with E-state index in [1.807, 2.05) is 20.8 Å². The third kappa shape index (κ3) is 4.63. The summed E-state index contributed by atoms with van der Waals surface area (Å²) in [5, 5.41) is 2.82. The zero-order valence-corrected chi connectivity index (χ0v) is 12.1. The lowest BCUT2D eigenvalue weighted by atomic mass is 9.84. The minimum absolute atomic E-state index is 0.0242. The summed E-state index contributed by atoms with van der Waals surface area (Å²) in [4.78, 5) is 18.7. The number of aromatic nitrogens is 2. The number of hydrogen-bond acceptors (Lipinski definition) is 5. The van der Waals surface area contributed by atoms with E-state index in [-0.39, 0.29) is 34.9 Å². The van der Waals surface area contributed by atoms with Crippen LogP contribution in [-0.2, 0) is 9.53 Å². The predicted octanol–water partition coefficient (Wildman–Crippen LogP) is 2.66. The quantitative estimate of drug-likeness (QED) is 0.682. The molecule has 0 radical (unpaired) electrons. The number of esters is 1. The van der Waals surface area contributed by atoms with Crippen LogP contribution < -0.4 is 5.32 Å². The van der Waals surface area contributed by atoms with E-state index in [1.54, 1.807) is 0 Å². The third-order valence-electron chi connectivity index (χ3n) is 2.67. The van der Waals surface area contributed by atoms with Crippen molar-refractivity contribution < 1.29 is 13.9 Å². The van der Waals surface area contributed by atoms with Gasteiger partial charge in [-0.25, -0.2) is 9.37 Å². The summed E-state index contributed by atoms with van der Waals surface area (Å²) in [5.74, 6) is -1.03. The van der Waals surface area contributed by atoms with Gasteiger partial charge in [0.2, 0.25) is 5.28 Å². The lowest BCUT2D eigenvalue weighted by Gasteiger charge is -2.31. The number of halogens is 2. The Morgan fingerprint density at radius 2 is 2.21 bits per heavy atom. The van der Waals surface area contributed by atoms with Gasteiger partial charge in [-0.2, -0.15) is 4.98 Å². The van der Waals surface area contributed by atoms with Crippen molar-refractivity contribution in [1.82, 2.24) is 9.97 Å². The number of carbonyl (C=O) groups excluding carboxylic acids is 1. The van der Waals surface area contributed by atoms with Crippen molar-refractivity contribution in [3.05, 3.63) is 17.3 Å². The maximum absolute atomic E-state index is 13.6. The first-order chi connectivity index (χ1) is 8.74. The molecule has 0 aliphatic heterocycles. The van der Waals surface area contributed by atoms with Crippen LogP contribution in [0.5, 0.6) is 0 Å². The fourth-order valence-electron chi connectivity index (χ4n) is 1.44. The van der Waals surface area contributed by atoms with Crippen molar-refractivity contribution >= 4 is 23.4 Å². The molecule has 0 amide bonds. The van der Waals surface area contributed by atoms with Gasteiger partial charge in [0.1, 0.15) is 0 Å². The van der Waals surface area contributed by atoms with Gasteiger partial charge in [0, 0.05) is 6.04 Å². The monoisotopic (exact) mass is 289 g/mol. The number of ether oxygens (including phenoxy) is 1. The first-order valence-corrected chi connectivity index (χ1v) is 6.13. The summed E-state index contributed by atoms with van der Waals surface area (Å²) in [5.41, 5.74) is -0.294. The van der Waals surface area contributed by atoms with Crippen molar-refractivity contribution in [2.75, 3.05) is 12.4 Å². The number of nitrogens with one attached hydrogen (secondary N) is 1. The van der Waals surface area contributed by atoms with E-state index in [4.69, 9.17) is 11.6 Å². The van der Waals surface area contributed by atoms with Crippen molar-refractivity contribution in [2.24, 2.45) is 5.41 Å². The summed E-state index contributed by atoms with van der Waals surface area (Å²) in [6.07, 6.45) is 1.08. The van der Waals surface area contributed by atoms with Crippen LogP contribution in [0.4, 0.5) is 10.2 Å². The molecule has 0 aromatic carbocycles. The second-order valence-corrected chi connectivity index (χ2v) is 5.52. The molecule has 1 heterocycles. The van der Waals surface area contributed by atoms with Gasteiger partial charge in [-0.3, -0.25) is 4.79 Å². The second kappa shape index (κ2) is 6.14. The Labute approximate surface area is 116 Å². The fourth-order valence-corrected chi connectivity index (χ4v) is 1.57. The van der Waals surface area contributed by atoms with Crippen LogP contribution in [0.3, 0.4) is 0 Å². The van der Waals surface area contributed by atoms with Crippen LogP contribution in [0.25, 0.3) is 0 Å². The van der Waals surface area contributed by atoms with Crippen LogP contribution >= 0.6 is 11.6 Å². The standard InChI is InChI=1S/C12H17ClFN3O2/c1-12(2,3)8(5-9(18)19-4)16-10-7(14)6-15-11(13)17-10/h6,8H,5H2,1-4H3,(H,15,16,17)/t8-/m1/s1. The molecule has 0 saturated carbocycles. The van der Waals surface area contributed by atoms with Crippen LogP contribution in [0.15, 0.2) is 6.20 Å². The Morgan fingerprint density at radius 3 is 2.74 bits per heavy atom. The van der Waals surface area contributed by atoms with E-state index >= 15 is 0 Å². The fraction of sp³-hybridized carbons (Fsp3) is 0.583. The van der Waals surface area contributed by atoms with E-state index in [9.17, 15) is 9.18 Å². The van der Waals surface area contributed by atoms with Gasteiger partial charge in [0.15, 0.2) is 11.6 Å². The summed E-state index contributed by atoms with van der Waals surface area (Å²) in [6, 6.07) is -0.347. The van der Waals surface area contributed by atoms with Gasteiger partial charge in [0.05, 0.1) is 19.7 Å². The van der Waals surface area contributed by atoms with Crippen molar-refractivity contribution in [3.63, 3.8) is 0 Å². The highest BCUT2D eigenvalue weighted by atomic mass is 35.5. The molecule has 1 N–H and O–H groups in total. The Bertz CT molecular complexity index is 463. The molecule has 106 valence electrons. The SMILES string of the molecule is COC(=O)C[C@@H](Nc1nc(Cl)ncc1F)C(C)(C)C. The molecule has 7 heteroatoms. The van der Waals surface area contributed by atoms with E-state index in [2.05, 4.69) is 20.0 Å². The van der Waals surface area contributed by atoms with E-state index in [0.29, 0.717) is 0 Å². The molecule has 1 atom stereocenters. The maximum Gasteiger partial charge on any atom is 0.307 e. The van der Waals surface area contributed by atoms with Gasteiger partial charge in [-0.05, 0) is 17.0 Å². The first-order valence-electron chi connectivity index (χ1n) is 5.75. The second-order valence-electron chi connectivity index (χ2n) is 5.18. The lowest BCUT2D eigenvalue weighted by Crippen LogP contribution is -2.37. The molecule has 0 aliphatic rings. The average molecular weight is 290 g/mol. The first kappa shape index (κ1) is 15.6. The Hall–Kier alpha value is -1.43. The highest BCUT2D eigenvalue weighted by Gasteiger charge is 2.28. The maximum atomic E-state index is 13.6. The van der Waals surface area contributed by atoms with Crippen LogP contribution in [0, 0.1) is 11.2 Å². The van der Waals surface area contributed by atoms with Gasteiger partial charge >= 0.3 is 5.97 Å². The van der Waals surface area contributed by atoms with Gasteiger partial charge in [-0.15, -0.1) is 0 Å². The molecular weight excluding hydrogens is 273 g/mol. The Balaban J connectivity index is 2.94. The zero-order valence-electron chi connectivity index (χ0n) is 11.3. The molecule has 5 nitrogen and oxygen atoms in total. The van der Waals surface area contributed by atoms with Crippen molar-refractivity contribution in [1.29, 1.82) is 0 Å². The number of carbonyl (C=O) groups is 1.